The van der Waals surface area contributed by atoms with Gasteiger partial charge in [-0.05, 0) is 29.8 Å². The van der Waals surface area contributed by atoms with Gasteiger partial charge in [0.05, 0.1) is 17.7 Å². The van der Waals surface area contributed by atoms with Gasteiger partial charge in [-0.25, -0.2) is 12.8 Å². The van der Waals surface area contributed by atoms with Gasteiger partial charge in [0.1, 0.15) is 28.8 Å². The molecule has 1 N–H and O–H groups in total. The highest BCUT2D eigenvalue weighted by Gasteiger charge is 2.22. The first kappa shape index (κ1) is 19.3. The van der Waals surface area contributed by atoms with Crippen LogP contribution in [0.2, 0.25) is 5.02 Å². The van der Waals surface area contributed by atoms with Gasteiger partial charge < -0.3 is 14.4 Å². The average Bonchev–Trinajstić information content (AvgIpc) is 3.05. The summed E-state index contributed by atoms with van der Waals surface area (Å²) in [5.41, 5.74) is 1.57. The summed E-state index contributed by atoms with van der Waals surface area (Å²) in [5, 5.41) is 13.9. The number of ether oxygens (including phenoxy) is 1. The fourth-order valence-electron chi connectivity index (χ4n) is 2.69. The first-order valence-electron chi connectivity index (χ1n) is 7.69. The Hall–Kier alpha value is -2.42. The topological polar surface area (TPSA) is 89.6 Å². The maximum absolute atomic E-state index is 14.3. The zero-order valence-electron chi connectivity index (χ0n) is 14.4. The molecule has 9 heteroatoms. The molecule has 0 atom stereocenters. The molecule has 0 radical (unpaired) electrons. The second-order valence-electron chi connectivity index (χ2n) is 5.75. The first-order valence-corrected chi connectivity index (χ1v) is 9.96. The monoisotopic (exact) mass is 411 g/mol. The number of rotatable bonds is 5. The van der Waals surface area contributed by atoms with Gasteiger partial charge in [0.15, 0.2) is 15.6 Å². The first-order chi connectivity index (χ1) is 12.8. The van der Waals surface area contributed by atoms with E-state index in [0.717, 1.165) is 12.3 Å². The molecule has 0 bridgehead atoms. The van der Waals surface area contributed by atoms with Gasteiger partial charge in [0.2, 0.25) is 0 Å². The summed E-state index contributed by atoms with van der Waals surface area (Å²) >= 11 is 6.04. The molecule has 1 heterocycles. The summed E-state index contributed by atoms with van der Waals surface area (Å²) in [7, 11) is -2.24. The van der Waals surface area contributed by atoms with Crippen LogP contribution >= 0.6 is 11.6 Å². The van der Waals surface area contributed by atoms with E-state index >= 15 is 0 Å². The van der Waals surface area contributed by atoms with Crippen LogP contribution in [0.25, 0.3) is 22.4 Å². The Kier molecular flexibility index (Phi) is 5.23. The van der Waals surface area contributed by atoms with Gasteiger partial charge >= 0.3 is 0 Å². The van der Waals surface area contributed by atoms with Crippen molar-refractivity contribution < 1.29 is 27.2 Å². The molecule has 0 aliphatic carbocycles. The highest BCUT2D eigenvalue weighted by Crippen LogP contribution is 2.38. The Bertz CT molecular complexity index is 1110. The summed E-state index contributed by atoms with van der Waals surface area (Å²) < 4.78 is 48.0. The lowest BCUT2D eigenvalue weighted by molar-refractivity contribution is 0.230. The van der Waals surface area contributed by atoms with Crippen molar-refractivity contribution in [3.63, 3.8) is 0 Å². The van der Waals surface area contributed by atoms with Crippen LogP contribution < -0.4 is 4.74 Å². The maximum atomic E-state index is 14.3. The lowest BCUT2D eigenvalue weighted by Crippen LogP contribution is -2.01. The Labute approximate surface area is 160 Å². The molecule has 6 nitrogen and oxygen atoms in total. The Morgan fingerprint density at radius 1 is 1.22 bits per heavy atom. The smallest absolute Gasteiger partial charge is 0.178 e. The Balaban J connectivity index is 2.20. The van der Waals surface area contributed by atoms with Crippen molar-refractivity contribution in [2.24, 2.45) is 0 Å². The third-order valence-corrected chi connectivity index (χ3v) is 5.39. The van der Waals surface area contributed by atoms with Crippen LogP contribution in [0.1, 0.15) is 5.76 Å². The number of halogens is 2. The third-order valence-electron chi connectivity index (χ3n) is 3.95. The number of aliphatic hydroxyl groups excluding tert-OH is 1. The Morgan fingerprint density at radius 2 is 1.93 bits per heavy atom. The molecule has 0 aliphatic rings. The summed E-state index contributed by atoms with van der Waals surface area (Å²) in [4.78, 5) is -0.414. The van der Waals surface area contributed by atoms with Gasteiger partial charge in [-0.3, -0.25) is 0 Å². The molecule has 142 valence electrons. The van der Waals surface area contributed by atoms with E-state index in [9.17, 15) is 17.9 Å². The van der Waals surface area contributed by atoms with E-state index in [0.29, 0.717) is 33.2 Å². The number of benzene rings is 2. The van der Waals surface area contributed by atoms with Crippen LogP contribution in [0.4, 0.5) is 4.39 Å². The van der Waals surface area contributed by atoms with Crippen molar-refractivity contribution in [2.45, 2.75) is 11.5 Å². The minimum Gasteiger partial charge on any atom is -0.495 e. The van der Waals surface area contributed by atoms with Crippen LogP contribution in [0.5, 0.6) is 5.75 Å². The van der Waals surface area contributed by atoms with E-state index in [1.54, 1.807) is 18.2 Å². The second-order valence-corrected chi connectivity index (χ2v) is 8.15. The van der Waals surface area contributed by atoms with Gasteiger partial charge in [0, 0.05) is 11.8 Å². The van der Waals surface area contributed by atoms with Crippen LogP contribution in [0.15, 0.2) is 45.8 Å². The molecule has 0 amide bonds. The van der Waals surface area contributed by atoms with Crippen LogP contribution in [0.3, 0.4) is 0 Å². The molecule has 3 rings (SSSR count). The molecular formula is C18H15ClFNO5S. The average molecular weight is 412 g/mol. The summed E-state index contributed by atoms with van der Waals surface area (Å²) in [6, 6.07) is 8.59. The number of methoxy groups -OCH3 is 1. The molecule has 0 spiro atoms. The number of sulfone groups is 1. The molecule has 2 aromatic carbocycles. The van der Waals surface area contributed by atoms with E-state index in [-0.39, 0.29) is 5.76 Å². The van der Waals surface area contributed by atoms with Crippen molar-refractivity contribution in [1.29, 1.82) is 0 Å². The number of aromatic nitrogens is 1. The lowest BCUT2D eigenvalue weighted by Gasteiger charge is -2.08. The predicted molar refractivity (Wildman–Crippen MR) is 97.9 cm³/mol. The standard InChI is InChI=1S/C18H15ClFNO5S/c1-25-14-8-11(3-5-12(14)19)18-17(15(9-22)26-21-18)10-4-6-16(13(20)7-10)27(2,23)24/h3-8,22H,9H2,1-2H3. The zero-order chi connectivity index (χ0) is 19.8. The van der Waals surface area contributed by atoms with Gasteiger partial charge in [-0.1, -0.05) is 28.9 Å². The van der Waals surface area contributed by atoms with Crippen molar-refractivity contribution in [3.8, 4) is 28.1 Å². The van der Waals surface area contributed by atoms with E-state index in [1.165, 1.54) is 19.2 Å². The van der Waals surface area contributed by atoms with Crippen molar-refractivity contribution in [1.82, 2.24) is 5.16 Å². The molecule has 0 saturated heterocycles. The zero-order valence-corrected chi connectivity index (χ0v) is 15.9. The fourth-order valence-corrected chi connectivity index (χ4v) is 3.61. The van der Waals surface area contributed by atoms with Gasteiger partial charge in [-0.2, -0.15) is 0 Å². The minimum atomic E-state index is -3.71. The summed E-state index contributed by atoms with van der Waals surface area (Å²) in [6.07, 6.45) is 0.926. The number of nitrogens with zero attached hydrogens (tertiary/aromatic N) is 1. The van der Waals surface area contributed by atoms with Crippen LogP contribution in [0, 0.1) is 5.82 Å². The fraction of sp³-hybridized carbons (Fsp3) is 0.167. The minimum absolute atomic E-state index is 0.116. The maximum Gasteiger partial charge on any atom is 0.178 e. The third kappa shape index (κ3) is 3.69. The van der Waals surface area contributed by atoms with Gasteiger partial charge in [0.25, 0.3) is 0 Å². The van der Waals surface area contributed by atoms with E-state index in [4.69, 9.17) is 20.9 Å². The largest absolute Gasteiger partial charge is 0.495 e. The van der Waals surface area contributed by atoms with Crippen LogP contribution in [-0.4, -0.2) is 32.0 Å². The molecule has 0 fully saturated rings. The van der Waals surface area contributed by atoms with E-state index in [2.05, 4.69) is 5.16 Å². The van der Waals surface area contributed by atoms with Crippen molar-refractivity contribution in [2.75, 3.05) is 13.4 Å². The highest BCUT2D eigenvalue weighted by atomic mass is 35.5. The van der Waals surface area contributed by atoms with E-state index in [1.807, 2.05) is 0 Å². The molecule has 0 unspecified atom stereocenters. The summed E-state index contributed by atoms with van der Waals surface area (Å²) in [6.45, 7) is -0.470. The van der Waals surface area contributed by atoms with Crippen molar-refractivity contribution in [3.05, 3.63) is 53.0 Å². The molecule has 27 heavy (non-hydrogen) atoms. The Morgan fingerprint density at radius 3 is 2.52 bits per heavy atom. The SMILES string of the molecule is COc1cc(-c2noc(CO)c2-c2ccc(S(C)(=O)=O)c(F)c2)ccc1Cl. The van der Waals surface area contributed by atoms with Gasteiger partial charge in [-0.15, -0.1) is 0 Å². The molecule has 0 saturated carbocycles. The number of hydrogen-bond donors (Lipinski definition) is 1. The molecule has 1 aromatic heterocycles. The molecule has 0 aliphatic heterocycles. The number of aliphatic hydroxyl groups is 1. The highest BCUT2D eigenvalue weighted by molar-refractivity contribution is 7.90. The van der Waals surface area contributed by atoms with Crippen molar-refractivity contribution >= 4 is 21.4 Å². The predicted octanol–water partition coefficient (Wildman–Crippen LogP) is 3.71. The lowest BCUT2D eigenvalue weighted by atomic mass is 9.99. The van der Waals surface area contributed by atoms with E-state index < -0.39 is 27.2 Å². The normalized spacial score (nSPS) is 11.6. The summed E-state index contributed by atoms with van der Waals surface area (Å²) in [5.74, 6) is -0.377. The van der Waals surface area contributed by atoms with Crippen LogP contribution in [-0.2, 0) is 16.4 Å². The number of hydrogen-bond acceptors (Lipinski definition) is 6. The second kappa shape index (κ2) is 7.30. The quantitative estimate of drug-likeness (QED) is 0.688. The molecular weight excluding hydrogens is 397 g/mol. The molecule has 3 aromatic rings.